The molecule has 8 nitrogen and oxygen atoms in total. The fraction of sp³-hybridized carbons (Fsp3) is 0.105. The van der Waals surface area contributed by atoms with Crippen LogP contribution >= 0.6 is 11.8 Å². The maximum atomic E-state index is 10.7. The number of benzene rings is 2. The lowest BCUT2D eigenvalue weighted by Gasteiger charge is -2.08. The van der Waals surface area contributed by atoms with Crippen LogP contribution < -0.4 is 5.48 Å². The first kappa shape index (κ1) is 18.2. The van der Waals surface area contributed by atoms with Gasteiger partial charge in [-0.25, -0.2) is 9.82 Å². The third kappa shape index (κ3) is 3.77. The maximum absolute atomic E-state index is 10.7. The van der Waals surface area contributed by atoms with Crippen molar-refractivity contribution in [3.05, 3.63) is 48.7 Å². The quantitative estimate of drug-likeness (QED) is 0.216. The van der Waals surface area contributed by atoms with Crippen LogP contribution in [0.1, 0.15) is 0 Å². The number of hydrogen-bond acceptors (Lipinski definition) is 5. The van der Waals surface area contributed by atoms with Crippen LogP contribution in [-0.2, 0) is 9.63 Å². The number of H-pyrrole nitrogens is 2. The minimum absolute atomic E-state index is 0.0878. The smallest absolute Gasteiger partial charge is 0.313 e. The van der Waals surface area contributed by atoms with E-state index >= 15 is 0 Å². The first-order valence-corrected chi connectivity index (χ1v) is 9.47. The molecule has 2 heterocycles. The van der Waals surface area contributed by atoms with Crippen LogP contribution in [0.5, 0.6) is 0 Å². The average Bonchev–Trinajstić information content (AvgIpc) is 3.35. The standard InChI is InChI=1S/C19H17N5O3S/c1-27-24-13-8-11(14-3-2-4-16-15(14)5-6-20-16)7-12(9-13)18-21-19(23-22-18)28-10-17(25)26/h2-9,20,24H,10H2,1H3,(H,25,26)(H,21,22,23)/p+1. The highest BCUT2D eigenvalue weighted by atomic mass is 32.2. The predicted molar refractivity (Wildman–Crippen MR) is 106 cm³/mol. The van der Waals surface area contributed by atoms with Crippen LogP contribution in [0.15, 0.2) is 53.8 Å². The summed E-state index contributed by atoms with van der Waals surface area (Å²) >= 11 is 1.07. The molecule has 2 aromatic carbocycles. The molecule has 0 fully saturated rings. The number of fused-ring (bicyclic) bond motifs is 1. The van der Waals surface area contributed by atoms with Crippen LogP contribution in [0.2, 0.25) is 0 Å². The van der Waals surface area contributed by atoms with Crippen LogP contribution in [0, 0.1) is 0 Å². The Labute approximate surface area is 164 Å². The first-order chi connectivity index (χ1) is 13.6. The van der Waals surface area contributed by atoms with E-state index in [0.29, 0.717) is 11.0 Å². The van der Waals surface area contributed by atoms with Gasteiger partial charge in [-0.3, -0.25) is 9.89 Å². The largest absolute Gasteiger partial charge is 0.481 e. The summed E-state index contributed by atoms with van der Waals surface area (Å²) in [7, 11) is 1.61. The third-order valence-electron chi connectivity index (χ3n) is 4.18. The molecular weight excluding hydrogens is 378 g/mol. The fourth-order valence-electron chi connectivity index (χ4n) is 3.05. The van der Waals surface area contributed by atoms with Gasteiger partial charge in [0, 0.05) is 34.8 Å². The summed E-state index contributed by atoms with van der Waals surface area (Å²) in [5.74, 6) is -0.424. The zero-order valence-electron chi connectivity index (χ0n) is 15.0. The van der Waals surface area contributed by atoms with Crippen molar-refractivity contribution in [1.29, 1.82) is 0 Å². The van der Waals surface area contributed by atoms with Gasteiger partial charge in [-0.15, -0.1) is 5.10 Å². The van der Waals surface area contributed by atoms with E-state index in [-0.39, 0.29) is 5.75 Å². The summed E-state index contributed by atoms with van der Waals surface area (Å²) in [6, 6.07) is 14.2. The molecule has 28 heavy (non-hydrogen) atoms. The lowest BCUT2D eigenvalue weighted by molar-refractivity contribution is -0.830. The van der Waals surface area contributed by atoms with Crippen molar-refractivity contribution in [3.63, 3.8) is 0 Å². The van der Waals surface area contributed by atoms with Crippen molar-refractivity contribution in [2.75, 3.05) is 12.9 Å². The predicted octanol–water partition coefficient (Wildman–Crippen LogP) is 2.55. The van der Waals surface area contributed by atoms with Gasteiger partial charge < -0.3 is 10.1 Å². The maximum Gasteiger partial charge on any atom is 0.313 e. The molecule has 0 amide bonds. The Bertz CT molecular complexity index is 1140. The number of rotatable bonds is 7. The van der Waals surface area contributed by atoms with Gasteiger partial charge >= 0.3 is 5.97 Å². The molecular formula is C19H18N5O3S+. The second kappa shape index (κ2) is 7.85. The molecule has 0 aliphatic rings. The molecule has 5 N–H and O–H groups in total. The summed E-state index contributed by atoms with van der Waals surface area (Å²) in [4.78, 5) is 23.6. The highest BCUT2D eigenvalue weighted by Crippen LogP contribution is 2.32. The summed E-state index contributed by atoms with van der Waals surface area (Å²) in [5.41, 5.74) is 6.56. The Morgan fingerprint density at radius 3 is 2.93 bits per heavy atom. The van der Waals surface area contributed by atoms with E-state index in [2.05, 4.69) is 26.2 Å². The molecule has 0 aliphatic carbocycles. The van der Waals surface area contributed by atoms with E-state index in [1.807, 2.05) is 42.6 Å². The molecule has 2 aromatic heterocycles. The zero-order chi connectivity index (χ0) is 19.5. The summed E-state index contributed by atoms with van der Waals surface area (Å²) < 4.78 is 0. The number of nitrogens with zero attached hydrogens (tertiary/aromatic N) is 2. The van der Waals surface area contributed by atoms with Crippen molar-refractivity contribution in [2.45, 2.75) is 5.16 Å². The van der Waals surface area contributed by atoms with Crippen molar-refractivity contribution < 1.29 is 20.2 Å². The van der Waals surface area contributed by atoms with Crippen molar-refractivity contribution in [1.82, 2.24) is 20.2 Å². The molecule has 0 unspecified atom stereocenters. The Kier molecular flexibility index (Phi) is 5.11. The summed E-state index contributed by atoms with van der Waals surface area (Å²) in [5, 5.41) is 17.3. The van der Waals surface area contributed by atoms with Gasteiger partial charge in [0.05, 0.1) is 12.9 Å². The van der Waals surface area contributed by atoms with E-state index < -0.39 is 5.97 Å². The van der Waals surface area contributed by atoms with Crippen LogP contribution in [0.3, 0.4) is 0 Å². The van der Waals surface area contributed by atoms with Gasteiger partial charge in [0.1, 0.15) is 0 Å². The van der Waals surface area contributed by atoms with Gasteiger partial charge in [0.25, 0.3) is 0 Å². The molecule has 0 saturated carbocycles. The normalized spacial score (nSPS) is 11.2. The number of nitrogens with one attached hydrogen (secondary N) is 2. The Balaban J connectivity index is 1.76. The Hall–Kier alpha value is -3.14. The summed E-state index contributed by atoms with van der Waals surface area (Å²) in [6.07, 6.45) is 1.92. The van der Waals surface area contributed by atoms with Gasteiger partial charge in [0.15, 0.2) is 11.5 Å². The third-order valence-corrected chi connectivity index (χ3v) is 5.01. The number of aromatic nitrogens is 4. The minimum atomic E-state index is -0.907. The average molecular weight is 396 g/mol. The van der Waals surface area contributed by atoms with E-state index in [9.17, 15) is 4.79 Å². The molecule has 0 saturated heterocycles. The number of carboxylic acids is 1. The molecule has 4 rings (SSSR count). The number of nitrogens with two attached hydrogens (primary N) is 1. The number of aromatic amines is 2. The van der Waals surface area contributed by atoms with Crippen molar-refractivity contribution >= 4 is 34.3 Å². The van der Waals surface area contributed by atoms with Crippen LogP contribution in [-0.4, -0.2) is 44.1 Å². The minimum Gasteiger partial charge on any atom is -0.481 e. The Morgan fingerprint density at radius 1 is 1.25 bits per heavy atom. The van der Waals surface area contributed by atoms with Gasteiger partial charge in [-0.2, -0.15) is 5.48 Å². The second-order valence-electron chi connectivity index (χ2n) is 6.09. The van der Waals surface area contributed by atoms with E-state index in [1.54, 1.807) is 12.6 Å². The number of quaternary nitrogens is 1. The molecule has 0 radical (unpaired) electrons. The second-order valence-corrected chi connectivity index (χ2v) is 7.03. The lowest BCUT2D eigenvalue weighted by atomic mass is 9.99. The molecule has 9 heteroatoms. The highest BCUT2D eigenvalue weighted by molar-refractivity contribution is 7.99. The monoisotopic (exact) mass is 396 g/mol. The van der Waals surface area contributed by atoms with Gasteiger partial charge in [0.2, 0.25) is 5.16 Å². The fourth-order valence-corrected chi connectivity index (χ4v) is 3.57. The van der Waals surface area contributed by atoms with Crippen LogP contribution in [0.25, 0.3) is 33.4 Å². The number of carboxylic acid groups (broad SMARTS) is 1. The highest BCUT2D eigenvalue weighted by Gasteiger charge is 2.14. The number of hydrogen-bond donors (Lipinski definition) is 4. The van der Waals surface area contributed by atoms with Crippen molar-refractivity contribution in [2.24, 2.45) is 0 Å². The van der Waals surface area contributed by atoms with Gasteiger partial charge in [-0.05, 0) is 29.3 Å². The lowest BCUT2D eigenvalue weighted by Crippen LogP contribution is -2.75. The zero-order valence-corrected chi connectivity index (χ0v) is 15.8. The Morgan fingerprint density at radius 2 is 2.11 bits per heavy atom. The van der Waals surface area contributed by atoms with Gasteiger partial charge in [-0.1, -0.05) is 23.9 Å². The summed E-state index contributed by atoms with van der Waals surface area (Å²) in [6.45, 7) is 0. The van der Waals surface area contributed by atoms with E-state index in [1.165, 1.54) is 0 Å². The van der Waals surface area contributed by atoms with E-state index in [4.69, 9.17) is 9.94 Å². The first-order valence-electron chi connectivity index (χ1n) is 8.49. The molecule has 0 spiro atoms. The SMILES string of the molecule is CO[NH2+]c1cc(-c2nc(SCC(=O)O)n[nH]2)cc(-c2cccc3[nH]ccc23)c1. The molecule has 4 aromatic rings. The molecule has 0 bridgehead atoms. The number of aliphatic carboxylic acids is 1. The van der Waals surface area contributed by atoms with Crippen LogP contribution in [0.4, 0.5) is 5.69 Å². The molecule has 0 aliphatic heterocycles. The number of carbonyl (C=O) groups is 1. The number of thioether (sulfide) groups is 1. The topological polar surface area (TPSA) is 120 Å². The van der Waals surface area contributed by atoms with Crippen molar-refractivity contribution in [3.8, 4) is 22.5 Å². The van der Waals surface area contributed by atoms with E-state index in [0.717, 1.165) is 45.0 Å². The molecule has 142 valence electrons. The molecule has 0 atom stereocenters.